The molecule has 1 aliphatic heterocycles. The van der Waals surface area contributed by atoms with Crippen molar-refractivity contribution in [3.8, 4) is 0 Å². The van der Waals surface area contributed by atoms with Gasteiger partial charge in [0.05, 0.1) is 16.9 Å². The fourth-order valence-electron chi connectivity index (χ4n) is 2.29. The molecule has 0 saturated carbocycles. The van der Waals surface area contributed by atoms with E-state index in [1.54, 1.807) is 18.0 Å². The molecule has 0 spiro atoms. The fourth-order valence-corrected chi connectivity index (χ4v) is 3.76. The second kappa shape index (κ2) is 4.59. The normalized spacial score (nSPS) is 30.6. The maximum Gasteiger partial charge on any atom is 0.119 e. The van der Waals surface area contributed by atoms with E-state index in [2.05, 4.69) is 12.0 Å². The molecule has 0 radical (unpaired) electrons. The standard InChI is InChI=1S/C11H17ClN2OS/c1-3-14-10(9(12)7-13-14)11(15)5-4-6-16-8(11)2/h7-8,15H,3-6H2,1-2H3. The van der Waals surface area contributed by atoms with Gasteiger partial charge in [-0.2, -0.15) is 16.9 Å². The van der Waals surface area contributed by atoms with Gasteiger partial charge in [-0.3, -0.25) is 4.68 Å². The quantitative estimate of drug-likeness (QED) is 0.889. The lowest BCUT2D eigenvalue weighted by molar-refractivity contribution is 0.0168. The number of nitrogens with zero attached hydrogens (tertiary/aromatic N) is 2. The monoisotopic (exact) mass is 260 g/mol. The summed E-state index contributed by atoms with van der Waals surface area (Å²) in [5.41, 5.74) is -0.0386. The molecule has 2 rings (SSSR count). The SMILES string of the molecule is CCn1ncc(Cl)c1C1(O)CCCSC1C. The van der Waals surface area contributed by atoms with Gasteiger partial charge in [0.15, 0.2) is 0 Å². The van der Waals surface area contributed by atoms with Gasteiger partial charge in [0.25, 0.3) is 0 Å². The van der Waals surface area contributed by atoms with Gasteiger partial charge >= 0.3 is 0 Å². The van der Waals surface area contributed by atoms with E-state index in [1.165, 1.54) is 0 Å². The highest BCUT2D eigenvalue weighted by Crippen LogP contribution is 2.43. The Hall–Kier alpha value is -0.190. The number of aryl methyl sites for hydroxylation is 1. The average Bonchev–Trinajstić information content (AvgIpc) is 2.64. The highest BCUT2D eigenvalue weighted by atomic mass is 35.5. The number of hydrogen-bond acceptors (Lipinski definition) is 3. The van der Waals surface area contributed by atoms with Crippen LogP contribution >= 0.6 is 23.4 Å². The van der Waals surface area contributed by atoms with Crippen molar-refractivity contribution in [2.75, 3.05) is 5.75 Å². The van der Waals surface area contributed by atoms with Crippen LogP contribution in [0.1, 0.15) is 32.4 Å². The van der Waals surface area contributed by atoms with E-state index >= 15 is 0 Å². The molecule has 2 heterocycles. The van der Waals surface area contributed by atoms with Crippen LogP contribution in [0.2, 0.25) is 5.02 Å². The Bertz CT molecular complexity index is 382. The molecule has 0 aromatic carbocycles. The van der Waals surface area contributed by atoms with Crippen molar-refractivity contribution in [3.05, 3.63) is 16.9 Å². The van der Waals surface area contributed by atoms with E-state index in [9.17, 15) is 5.11 Å². The number of rotatable bonds is 2. The molecular formula is C11H17ClN2OS. The minimum atomic E-state index is -0.827. The first-order chi connectivity index (χ1) is 7.59. The molecule has 1 aromatic rings. The molecule has 0 bridgehead atoms. The van der Waals surface area contributed by atoms with Gasteiger partial charge in [-0.25, -0.2) is 0 Å². The van der Waals surface area contributed by atoms with Gasteiger partial charge in [-0.15, -0.1) is 0 Å². The maximum atomic E-state index is 10.8. The van der Waals surface area contributed by atoms with Crippen LogP contribution in [0.15, 0.2) is 6.20 Å². The first kappa shape index (κ1) is 12.3. The molecule has 90 valence electrons. The average molecular weight is 261 g/mol. The van der Waals surface area contributed by atoms with Gasteiger partial charge in [0.2, 0.25) is 0 Å². The minimum Gasteiger partial charge on any atom is -0.382 e. The molecule has 0 aliphatic carbocycles. The van der Waals surface area contributed by atoms with Gasteiger partial charge in [0.1, 0.15) is 5.60 Å². The second-order valence-corrected chi connectivity index (χ2v) is 6.05. The van der Waals surface area contributed by atoms with Crippen molar-refractivity contribution >= 4 is 23.4 Å². The highest BCUT2D eigenvalue weighted by molar-refractivity contribution is 8.00. The summed E-state index contributed by atoms with van der Waals surface area (Å²) in [6.07, 6.45) is 3.42. The Kier molecular flexibility index (Phi) is 3.52. The summed E-state index contributed by atoms with van der Waals surface area (Å²) in [6, 6.07) is 0. The predicted molar refractivity (Wildman–Crippen MR) is 68.0 cm³/mol. The number of aliphatic hydroxyl groups is 1. The molecule has 2 unspecified atom stereocenters. The van der Waals surface area contributed by atoms with Crippen LogP contribution < -0.4 is 0 Å². The van der Waals surface area contributed by atoms with Crippen molar-refractivity contribution in [1.82, 2.24) is 9.78 Å². The Morgan fingerprint density at radius 1 is 1.75 bits per heavy atom. The van der Waals surface area contributed by atoms with E-state index in [1.807, 2.05) is 11.6 Å². The molecule has 1 N–H and O–H groups in total. The molecule has 5 heteroatoms. The molecule has 1 aliphatic rings. The van der Waals surface area contributed by atoms with Gasteiger partial charge in [0, 0.05) is 11.8 Å². The lowest BCUT2D eigenvalue weighted by atomic mass is 9.90. The maximum absolute atomic E-state index is 10.8. The third kappa shape index (κ3) is 1.87. The molecule has 1 aromatic heterocycles. The van der Waals surface area contributed by atoms with Gasteiger partial charge in [-0.05, 0) is 25.5 Å². The number of aromatic nitrogens is 2. The van der Waals surface area contributed by atoms with E-state index in [4.69, 9.17) is 11.6 Å². The Balaban J connectivity index is 2.44. The topological polar surface area (TPSA) is 38.0 Å². The van der Waals surface area contributed by atoms with Crippen LogP contribution in [0, 0.1) is 0 Å². The third-order valence-electron chi connectivity index (χ3n) is 3.25. The molecule has 1 fully saturated rings. The Labute approximate surface area is 105 Å². The van der Waals surface area contributed by atoms with E-state index in [0.717, 1.165) is 30.8 Å². The largest absolute Gasteiger partial charge is 0.382 e. The summed E-state index contributed by atoms with van der Waals surface area (Å²) in [5, 5.41) is 15.8. The van der Waals surface area contributed by atoms with Crippen LogP contribution in [-0.4, -0.2) is 25.9 Å². The summed E-state index contributed by atoms with van der Waals surface area (Å²) in [6.45, 7) is 4.81. The van der Waals surface area contributed by atoms with Crippen LogP contribution in [0.5, 0.6) is 0 Å². The predicted octanol–water partition coefficient (Wildman–Crippen LogP) is 2.66. The third-order valence-corrected chi connectivity index (χ3v) is 4.94. The first-order valence-electron chi connectivity index (χ1n) is 5.65. The van der Waals surface area contributed by atoms with Crippen LogP contribution in [-0.2, 0) is 12.1 Å². The molecule has 1 saturated heterocycles. The molecule has 3 nitrogen and oxygen atoms in total. The van der Waals surface area contributed by atoms with Crippen LogP contribution in [0.4, 0.5) is 0 Å². The van der Waals surface area contributed by atoms with Crippen LogP contribution in [0.25, 0.3) is 0 Å². The zero-order valence-electron chi connectivity index (χ0n) is 9.61. The van der Waals surface area contributed by atoms with Gasteiger partial charge < -0.3 is 5.11 Å². The summed E-state index contributed by atoms with van der Waals surface area (Å²) >= 11 is 7.96. The van der Waals surface area contributed by atoms with Crippen molar-refractivity contribution < 1.29 is 5.11 Å². The molecule has 16 heavy (non-hydrogen) atoms. The number of hydrogen-bond donors (Lipinski definition) is 1. The second-order valence-electron chi connectivity index (χ2n) is 4.20. The Morgan fingerprint density at radius 3 is 3.12 bits per heavy atom. The first-order valence-corrected chi connectivity index (χ1v) is 7.08. The summed E-state index contributed by atoms with van der Waals surface area (Å²) < 4.78 is 1.81. The zero-order valence-corrected chi connectivity index (χ0v) is 11.2. The smallest absolute Gasteiger partial charge is 0.119 e. The molecule has 0 amide bonds. The molecule has 2 atom stereocenters. The summed E-state index contributed by atoms with van der Waals surface area (Å²) in [7, 11) is 0. The Morgan fingerprint density at radius 2 is 2.50 bits per heavy atom. The fraction of sp³-hybridized carbons (Fsp3) is 0.727. The number of halogens is 1. The minimum absolute atomic E-state index is 0.167. The summed E-state index contributed by atoms with van der Waals surface area (Å²) in [5.74, 6) is 1.11. The van der Waals surface area contributed by atoms with Crippen molar-refractivity contribution in [3.63, 3.8) is 0 Å². The molecular weight excluding hydrogens is 244 g/mol. The number of thioether (sulfide) groups is 1. The van der Waals surface area contributed by atoms with E-state index in [-0.39, 0.29) is 5.25 Å². The van der Waals surface area contributed by atoms with E-state index < -0.39 is 5.60 Å². The van der Waals surface area contributed by atoms with E-state index in [0.29, 0.717) is 5.02 Å². The lowest BCUT2D eigenvalue weighted by Gasteiger charge is -2.38. The zero-order chi connectivity index (χ0) is 11.8. The summed E-state index contributed by atoms with van der Waals surface area (Å²) in [4.78, 5) is 0. The van der Waals surface area contributed by atoms with Crippen molar-refractivity contribution in [2.45, 2.75) is 44.1 Å². The van der Waals surface area contributed by atoms with Crippen molar-refractivity contribution in [1.29, 1.82) is 0 Å². The van der Waals surface area contributed by atoms with Crippen molar-refractivity contribution in [2.24, 2.45) is 0 Å². The lowest BCUT2D eigenvalue weighted by Crippen LogP contribution is -2.41. The van der Waals surface area contributed by atoms with Crippen LogP contribution in [0.3, 0.4) is 0 Å². The van der Waals surface area contributed by atoms with Gasteiger partial charge in [-0.1, -0.05) is 18.5 Å². The highest BCUT2D eigenvalue weighted by Gasteiger charge is 2.42.